The summed E-state index contributed by atoms with van der Waals surface area (Å²) in [6.45, 7) is 0. The van der Waals surface area contributed by atoms with Gasteiger partial charge in [0, 0.05) is 11.8 Å². The summed E-state index contributed by atoms with van der Waals surface area (Å²) >= 11 is 1.30. The van der Waals surface area contributed by atoms with Crippen LogP contribution in [0.4, 0.5) is 0 Å². The highest BCUT2D eigenvalue weighted by Gasteiger charge is 2.43. The largest absolute Gasteiger partial charge is 0.416 e. The summed E-state index contributed by atoms with van der Waals surface area (Å²) in [7, 11) is 0. The van der Waals surface area contributed by atoms with E-state index in [1.165, 1.54) is 22.9 Å². The summed E-state index contributed by atoms with van der Waals surface area (Å²) in [5, 5.41) is 15.4. The number of nitrogens with zero attached hydrogens (tertiary/aromatic N) is 4. The van der Waals surface area contributed by atoms with Crippen molar-refractivity contribution in [1.29, 1.82) is 0 Å². The van der Waals surface area contributed by atoms with Crippen LogP contribution in [0.25, 0.3) is 6.08 Å². The Balaban J connectivity index is 1.28. The highest BCUT2D eigenvalue weighted by atomic mass is 32.2. The fourth-order valence-corrected chi connectivity index (χ4v) is 5.53. The summed E-state index contributed by atoms with van der Waals surface area (Å²) in [4.78, 5) is 13.5. The van der Waals surface area contributed by atoms with Gasteiger partial charge in [0.25, 0.3) is 11.1 Å². The molecule has 2 heterocycles. The molecule has 1 aliphatic heterocycles. The quantitative estimate of drug-likeness (QED) is 0.422. The molecule has 2 saturated carbocycles. The van der Waals surface area contributed by atoms with E-state index in [0.29, 0.717) is 17.0 Å². The lowest BCUT2D eigenvalue weighted by molar-refractivity contribution is -0.130. The number of benzene rings is 2. The highest BCUT2D eigenvalue weighted by molar-refractivity contribution is 7.99. The Hall–Kier alpha value is -3.19. The molecule has 0 bridgehead atoms. The number of fused-ring (bicyclic) bond motifs is 1. The van der Waals surface area contributed by atoms with E-state index in [4.69, 9.17) is 9.52 Å². The number of amides is 1. The molecule has 0 N–H and O–H groups in total. The fraction of sp³-hybridized carbons (Fsp3) is 0.333. The van der Waals surface area contributed by atoms with Crippen molar-refractivity contribution in [2.24, 2.45) is 11.0 Å². The minimum absolute atomic E-state index is 0.0361. The van der Waals surface area contributed by atoms with Crippen molar-refractivity contribution < 1.29 is 9.21 Å². The molecular weight excluding hydrogens is 444 g/mol. The van der Waals surface area contributed by atoms with Crippen molar-refractivity contribution >= 4 is 29.5 Å². The van der Waals surface area contributed by atoms with Crippen molar-refractivity contribution in [3.63, 3.8) is 0 Å². The molecule has 1 aromatic heterocycles. The second-order valence-corrected chi connectivity index (χ2v) is 10.1. The van der Waals surface area contributed by atoms with Gasteiger partial charge in [-0.2, -0.15) is 5.10 Å². The molecule has 34 heavy (non-hydrogen) atoms. The van der Waals surface area contributed by atoms with Gasteiger partial charge in [-0.3, -0.25) is 4.79 Å². The van der Waals surface area contributed by atoms with E-state index in [1.54, 1.807) is 5.01 Å². The molecule has 0 radical (unpaired) electrons. The van der Waals surface area contributed by atoms with Gasteiger partial charge in [0.15, 0.2) is 0 Å². The summed E-state index contributed by atoms with van der Waals surface area (Å²) in [6.07, 6.45) is 7.54. The first-order valence-electron chi connectivity index (χ1n) is 11.9. The zero-order chi connectivity index (χ0) is 22.9. The normalized spacial score (nSPS) is 23.1. The van der Waals surface area contributed by atoms with E-state index < -0.39 is 0 Å². The first-order valence-corrected chi connectivity index (χ1v) is 12.9. The molecule has 6 rings (SSSR count). The van der Waals surface area contributed by atoms with Crippen molar-refractivity contribution in [3.8, 4) is 0 Å². The maximum atomic E-state index is 13.5. The molecule has 1 amide bonds. The third kappa shape index (κ3) is 4.32. The minimum atomic E-state index is -0.0894. The van der Waals surface area contributed by atoms with Gasteiger partial charge in [-0.15, -0.1) is 10.2 Å². The van der Waals surface area contributed by atoms with Crippen LogP contribution < -0.4 is 0 Å². The number of carbonyl (C=O) groups excluding carboxylic acids is 1. The molecular formula is C27H26N4O2S. The van der Waals surface area contributed by atoms with Crippen LogP contribution in [0.3, 0.4) is 0 Å². The van der Waals surface area contributed by atoms with Crippen LogP contribution in [0, 0.1) is 5.92 Å². The zero-order valence-corrected chi connectivity index (χ0v) is 19.7. The van der Waals surface area contributed by atoms with Crippen LogP contribution >= 0.6 is 11.8 Å². The molecule has 2 fully saturated rings. The van der Waals surface area contributed by atoms with Gasteiger partial charge in [0.1, 0.15) is 0 Å². The Morgan fingerprint density at radius 3 is 2.56 bits per heavy atom. The van der Waals surface area contributed by atoms with Gasteiger partial charge in [-0.1, -0.05) is 72.4 Å². The topological polar surface area (TPSA) is 71.6 Å². The maximum absolute atomic E-state index is 13.5. The van der Waals surface area contributed by atoms with Gasteiger partial charge in [-0.05, 0) is 54.9 Å². The van der Waals surface area contributed by atoms with Crippen LogP contribution in [0.1, 0.15) is 61.1 Å². The molecule has 2 atom stereocenters. The standard InChI is InChI=1S/C27H26N4O2S/c32-23(17-34-27-29-28-26(33-27)20-14-15-20)31-25(19-10-5-2-6-11-19)22-13-7-12-21(24(22)30-31)16-18-8-3-1-4-9-18/h1-6,8-11,16,20,22,25H,7,12-15,17H2/b21-16-. The highest BCUT2D eigenvalue weighted by Crippen LogP contribution is 2.45. The van der Waals surface area contributed by atoms with Gasteiger partial charge in [-0.25, -0.2) is 5.01 Å². The van der Waals surface area contributed by atoms with E-state index in [0.717, 1.165) is 43.4 Å². The van der Waals surface area contributed by atoms with Crippen LogP contribution in [0.15, 0.2) is 81.0 Å². The number of hydrazone groups is 1. The predicted octanol–water partition coefficient (Wildman–Crippen LogP) is 5.86. The smallest absolute Gasteiger partial charge is 0.277 e. The lowest BCUT2D eigenvalue weighted by atomic mass is 9.77. The Labute approximate surface area is 203 Å². The molecule has 2 unspecified atom stereocenters. The fourth-order valence-electron chi connectivity index (χ4n) is 4.90. The Kier molecular flexibility index (Phi) is 5.79. The lowest BCUT2D eigenvalue weighted by Crippen LogP contribution is -2.32. The van der Waals surface area contributed by atoms with Crippen LogP contribution in [0.5, 0.6) is 0 Å². The number of thioether (sulfide) groups is 1. The van der Waals surface area contributed by atoms with Crippen LogP contribution in [-0.4, -0.2) is 32.6 Å². The SMILES string of the molecule is O=C(CSc1nnc(C2CC2)o1)N1N=C2/C(=C\c3ccccc3)CCCC2C1c1ccccc1. The molecule has 3 aliphatic rings. The molecule has 3 aromatic rings. The van der Waals surface area contributed by atoms with E-state index in [1.807, 2.05) is 24.3 Å². The van der Waals surface area contributed by atoms with Gasteiger partial charge >= 0.3 is 0 Å². The number of carbonyl (C=O) groups is 1. The van der Waals surface area contributed by atoms with E-state index in [2.05, 4.69) is 52.7 Å². The maximum Gasteiger partial charge on any atom is 0.277 e. The van der Waals surface area contributed by atoms with Crippen LogP contribution in [0.2, 0.25) is 0 Å². The monoisotopic (exact) mass is 470 g/mol. The van der Waals surface area contributed by atoms with Gasteiger partial charge in [0.05, 0.1) is 17.5 Å². The second-order valence-electron chi connectivity index (χ2n) is 9.13. The predicted molar refractivity (Wildman–Crippen MR) is 132 cm³/mol. The van der Waals surface area contributed by atoms with Crippen molar-refractivity contribution in [1.82, 2.24) is 15.2 Å². The number of aromatic nitrogens is 2. The summed E-state index contributed by atoms with van der Waals surface area (Å²) < 4.78 is 5.74. The zero-order valence-electron chi connectivity index (χ0n) is 18.8. The molecule has 7 heteroatoms. The average molecular weight is 471 g/mol. The molecule has 2 aliphatic carbocycles. The Morgan fingerprint density at radius 1 is 1.03 bits per heavy atom. The van der Waals surface area contributed by atoms with E-state index >= 15 is 0 Å². The van der Waals surface area contributed by atoms with Gasteiger partial charge in [0.2, 0.25) is 5.89 Å². The summed E-state index contributed by atoms with van der Waals surface area (Å²) in [5.74, 6) is 1.48. The first kappa shape index (κ1) is 21.4. The number of rotatable bonds is 6. The summed E-state index contributed by atoms with van der Waals surface area (Å²) in [6, 6.07) is 20.5. The van der Waals surface area contributed by atoms with Crippen molar-refractivity contribution in [2.75, 3.05) is 5.75 Å². The molecule has 2 aromatic carbocycles. The third-order valence-corrected chi connectivity index (χ3v) is 7.51. The Bertz CT molecular complexity index is 1230. The first-order chi connectivity index (χ1) is 16.8. The number of allylic oxidation sites excluding steroid dienone is 1. The van der Waals surface area contributed by atoms with E-state index in [-0.39, 0.29) is 23.6 Å². The second kappa shape index (κ2) is 9.22. The van der Waals surface area contributed by atoms with Crippen LogP contribution in [-0.2, 0) is 4.79 Å². The number of hydrogen-bond donors (Lipinski definition) is 0. The van der Waals surface area contributed by atoms with E-state index in [9.17, 15) is 4.79 Å². The molecule has 172 valence electrons. The minimum Gasteiger partial charge on any atom is -0.416 e. The summed E-state index contributed by atoms with van der Waals surface area (Å²) in [5.41, 5.74) is 4.58. The molecule has 0 saturated heterocycles. The van der Waals surface area contributed by atoms with Gasteiger partial charge < -0.3 is 4.42 Å². The lowest BCUT2D eigenvalue weighted by Gasteiger charge is -2.29. The van der Waals surface area contributed by atoms with Crippen molar-refractivity contribution in [3.05, 3.63) is 83.3 Å². The molecule has 6 nitrogen and oxygen atoms in total. The van der Waals surface area contributed by atoms with Crippen molar-refractivity contribution in [2.45, 2.75) is 49.3 Å². The Morgan fingerprint density at radius 2 is 1.79 bits per heavy atom. The number of hydrogen-bond acceptors (Lipinski definition) is 6. The third-order valence-electron chi connectivity index (χ3n) is 6.71. The average Bonchev–Trinajstić information content (AvgIpc) is 3.48. The molecule has 0 spiro atoms.